The van der Waals surface area contributed by atoms with Crippen molar-refractivity contribution in [3.05, 3.63) is 0 Å². The summed E-state index contributed by atoms with van der Waals surface area (Å²) in [5.74, 6) is 3.01. The molecule has 0 aromatic rings. The van der Waals surface area contributed by atoms with E-state index in [4.69, 9.17) is 5.26 Å². The molecule has 0 amide bonds. The van der Waals surface area contributed by atoms with E-state index in [1.807, 2.05) is 0 Å². The molecule has 0 aliphatic heterocycles. The molecule has 2 atom stereocenters. The van der Waals surface area contributed by atoms with Crippen molar-refractivity contribution >= 4 is 0 Å². The summed E-state index contributed by atoms with van der Waals surface area (Å²) >= 11 is 0. The average Bonchev–Trinajstić information content (AvgIpc) is 2.34. The van der Waals surface area contributed by atoms with E-state index in [0.29, 0.717) is 11.5 Å². The molecule has 0 saturated heterocycles. The molecular weight excluding hydrogens is 220 g/mol. The first-order valence-corrected chi connectivity index (χ1v) is 7.81. The van der Waals surface area contributed by atoms with Crippen molar-refractivity contribution < 1.29 is 0 Å². The first-order chi connectivity index (χ1) is 8.65. The molecule has 4 saturated carbocycles. The lowest BCUT2D eigenvalue weighted by Crippen LogP contribution is -2.56. The lowest BCUT2D eigenvalue weighted by Gasteiger charge is -2.59. The molecule has 0 aromatic heterocycles. The molecule has 2 unspecified atom stereocenters. The fraction of sp³-hybridized carbons (Fsp3) is 0.938. The van der Waals surface area contributed by atoms with Crippen LogP contribution in [0.4, 0.5) is 0 Å². The number of nitrogens with zero attached hydrogens (tertiary/aromatic N) is 1. The summed E-state index contributed by atoms with van der Waals surface area (Å²) in [6.45, 7) is 4.44. The molecular formula is C16H26N2. The van der Waals surface area contributed by atoms with E-state index in [1.165, 1.54) is 38.5 Å². The maximum atomic E-state index is 9.14. The summed E-state index contributed by atoms with van der Waals surface area (Å²) < 4.78 is 0. The third-order valence-corrected chi connectivity index (χ3v) is 6.02. The van der Waals surface area contributed by atoms with Crippen LogP contribution in [0.1, 0.15) is 58.8 Å². The molecule has 18 heavy (non-hydrogen) atoms. The minimum absolute atomic E-state index is 0.0491. The molecule has 0 aromatic carbocycles. The average molecular weight is 246 g/mol. The van der Waals surface area contributed by atoms with Gasteiger partial charge in [-0.05, 0) is 75.0 Å². The lowest BCUT2D eigenvalue weighted by atomic mass is 9.48. The monoisotopic (exact) mass is 246 g/mol. The van der Waals surface area contributed by atoms with E-state index in [0.717, 1.165) is 24.2 Å². The van der Waals surface area contributed by atoms with E-state index in [-0.39, 0.29) is 6.04 Å². The van der Waals surface area contributed by atoms with Gasteiger partial charge in [0.05, 0.1) is 12.1 Å². The summed E-state index contributed by atoms with van der Waals surface area (Å²) in [7, 11) is 0. The Hall–Kier alpha value is -0.550. The van der Waals surface area contributed by atoms with Gasteiger partial charge >= 0.3 is 0 Å². The Morgan fingerprint density at radius 2 is 1.67 bits per heavy atom. The number of nitriles is 1. The predicted molar refractivity (Wildman–Crippen MR) is 72.9 cm³/mol. The summed E-state index contributed by atoms with van der Waals surface area (Å²) in [6, 6.07) is 2.98. The van der Waals surface area contributed by atoms with Crippen molar-refractivity contribution in [1.82, 2.24) is 5.32 Å². The molecule has 4 rings (SSSR count). The number of rotatable bonds is 4. The van der Waals surface area contributed by atoms with Gasteiger partial charge in [0.1, 0.15) is 0 Å². The van der Waals surface area contributed by atoms with Gasteiger partial charge in [-0.3, -0.25) is 5.32 Å². The van der Waals surface area contributed by atoms with Gasteiger partial charge in [0.2, 0.25) is 0 Å². The highest BCUT2D eigenvalue weighted by Gasteiger charge is 2.53. The van der Waals surface area contributed by atoms with Crippen molar-refractivity contribution in [2.45, 2.75) is 70.9 Å². The van der Waals surface area contributed by atoms with Crippen molar-refractivity contribution in [3.63, 3.8) is 0 Å². The molecule has 100 valence electrons. The molecule has 2 nitrogen and oxygen atoms in total. The zero-order valence-corrected chi connectivity index (χ0v) is 11.8. The zero-order chi connectivity index (χ0) is 12.8. The third-order valence-electron chi connectivity index (χ3n) is 6.02. The first kappa shape index (κ1) is 12.5. The van der Waals surface area contributed by atoms with E-state index < -0.39 is 0 Å². The van der Waals surface area contributed by atoms with E-state index in [1.54, 1.807) is 0 Å². The maximum absolute atomic E-state index is 9.14. The van der Waals surface area contributed by atoms with Crippen LogP contribution >= 0.6 is 0 Å². The van der Waals surface area contributed by atoms with Crippen molar-refractivity contribution in [2.75, 3.05) is 0 Å². The molecule has 1 N–H and O–H groups in total. The predicted octanol–water partition coefficient (Wildman–Crippen LogP) is 3.48. The Bertz CT molecular complexity index is 319. The fourth-order valence-electron chi connectivity index (χ4n) is 5.43. The van der Waals surface area contributed by atoms with Crippen LogP contribution in [0.5, 0.6) is 0 Å². The fourth-order valence-corrected chi connectivity index (χ4v) is 5.43. The van der Waals surface area contributed by atoms with Crippen LogP contribution in [0, 0.1) is 34.5 Å². The maximum Gasteiger partial charge on any atom is 0.0952 e. The van der Waals surface area contributed by atoms with Crippen LogP contribution in [-0.2, 0) is 0 Å². The van der Waals surface area contributed by atoms with Crippen LogP contribution in [0.3, 0.4) is 0 Å². The van der Waals surface area contributed by atoms with E-state index >= 15 is 0 Å². The minimum Gasteiger partial charge on any atom is -0.299 e. The lowest BCUT2D eigenvalue weighted by molar-refractivity contribution is -0.0713. The smallest absolute Gasteiger partial charge is 0.0952 e. The Kier molecular flexibility index (Phi) is 3.14. The number of hydrogen-bond donors (Lipinski definition) is 1. The third kappa shape index (κ3) is 1.97. The van der Waals surface area contributed by atoms with Gasteiger partial charge in [-0.2, -0.15) is 5.26 Å². The van der Waals surface area contributed by atoms with Crippen molar-refractivity contribution in [3.8, 4) is 6.07 Å². The normalized spacial score (nSPS) is 44.6. The molecule has 0 heterocycles. The van der Waals surface area contributed by atoms with Crippen LogP contribution < -0.4 is 5.32 Å². The van der Waals surface area contributed by atoms with Gasteiger partial charge in [0, 0.05) is 6.04 Å². The second kappa shape index (κ2) is 4.53. The summed E-state index contributed by atoms with van der Waals surface area (Å²) in [5, 5.41) is 12.8. The van der Waals surface area contributed by atoms with Gasteiger partial charge in [-0.15, -0.1) is 0 Å². The highest BCUT2D eigenvalue weighted by Crippen LogP contribution is 2.61. The number of nitrogens with one attached hydrogen (secondary N) is 1. The second-order valence-corrected chi connectivity index (χ2v) is 7.26. The van der Waals surface area contributed by atoms with Gasteiger partial charge in [0.25, 0.3) is 0 Å². The highest BCUT2D eigenvalue weighted by molar-refractivity contribution is 5.06. The van der Waals surface area contributed by atoms with Crippen molar-refractivity contribution in [2.24, 2.45) is 23.2 Å². The second-order valence-electron chi connectivity index (χ2n) is 7.26. The molecule has 0 spiro atoms. The summed E-state index contributed by atoms with van der Waals surface area (Å²) in [6.07, 6.45) is 9.70. The molecule has 0 radical (unpaired) electrons. The SMILES string of the molecule is CCC(C#N)NC(C)C12CC3CC(CC(C3)C1)C2. The van der Waals surface area contributed by atoms with Crippen LogP contribution in [0.25, 0.3) is 0 Å². The Morgan fingerprint density at radius 3 is 2.06 bits per heavy atom. The minimum atomic E-state index is 0.0491. The Labute approximate surface area is 111 Å². The van der Waals surface area contributed by atoms with Crippen molar-refractivity contribution in [1.29, 1.82) is 5.26 Å². The number of hydrogen-bond acceptors (Lipinski definition) is 2. The Balaban J connectivity index is 1.73. The standard InChI is InChI=1S/C16H26N2/c1-3-15(10-17)18-11(2)16-7-12-4-13(8-16)6-14(5-12)9-16/h11-15,18H,3-9H2,1-2H3. The highest BCUT2D eigenvalue weighted by atomic mass is 15.0. The summed E-state index contributed by atoms with van der Waals surface area (Å²) in [5.41, 5.74) is 0.527. The quantitative estimate of drug-likeness (QED) is 0.824. The first-order valence-electron chi connectivity index (χ1n) is 7.81. The molecule has 4 aliphatic carbocycles. The van der Waals surface area contributed by atoms with E-state index in [9.17, 15) is 0 Å². The van der Waals surface area contributed by atoms with Gasteiger partial charge < -0.3 is 0 Å². The van der Waals surface area contributed by atoms with Crippen LogP contribution in [0.15, 0.2) is 0 Å². The van der Waals surface area contributed by atoms with E-state index in [2.05, 4.69) is 25.2 Å². The summed E-state index contributed by atoms with van der Waals surface area (Å²) in [4.78, 5) is 0. The Morgan fingerprint density at radius 1 is 1.17 bits per heavy atom. The molecule has 4 fully saturated rings. The van der Waals surface area contributed by atoms with Crippen LogP contribution in [0.2, 0.25) is 0 Å². The van der Waals surface area contributed by atoms with Gasteiger partial charge in [-0.25, -0.2) is 0 Å². The van der Waals surface area contributed by atoms with Gasteiger partial charge in [-0.1, -0.05) is 6.92 Å². The van der Waals surface area contributed by atoms with Crippen LogP contribution in [-0.4, -0.2) is 12.1 Å². The molecule has 4 bridgehead atoms. The zero-order valence-electron chi connectivity index (χ0n) is 11.8. The van der Waals surface area contributed by atoms with Gasteiger partial charge in [0.15, 0.2) is 0 Å². The molecule has 4 aliphatic rings. The largest absolute Gasteiger partial charge is 0.299 e. The topological polar surface area (TPSA) is 35.8 Å². The molecule has 2 heteroatoms.